The summed E-state index contributed by atoms with van der Waals surface area (Å²) in [5, 5.41) is 0. The van der Waals surface area contributed by atoms with Crippen molar-refractivity contribution in [3.8, 4) is 0 Å². The Morgan fingerprint density at radius 3 is 2.55 bits per heavy atom. The number of hydrogen-bond acceptors (Lipinski definition) is 1. The highest BCUT2D eigenvalue weighted by molar-refractivity contribution is 5.30. The third-order valence-electron chi connectivity index (χ3n) is 3.59. The van der Waals surface area contributed by atoms with E-state index in [9.17, 15) is 17.6 Å². The van der Waals surface area contributed by atoms with E-state index < -0.39 is 23.6 Å². The van der Waals surface area contributed by atoms with Gasteiger partial charge in [0.05, 0.1) is 5.56 Å². The molecule has 0 radical (unpaired) electrons. The van der Waals surface area contributed by atoms with Gasteiger partial charge in [-0.3, -0.25) is 0 Å². The minimum absolute atomic E-state index is 0.324. The van der Waals surface area contributed by atoms with Crippen LogP contribution >= 0.6 is 0 Å². The molecule has 0 fully saturated rings. The standard InChI is InChI=1S/C15H17F4N/c16-13-7-6-11(9-12(13)15(17,18)19)14(20)8-10-4-2-1-3-5-10/h4,6-7,9,14H,1-3,5,8,20H2. The van der Waals surface area contributed by atoms with Crippen molar-refractivity contribution < 1.29 is 17.6 Å². The van der Waals surface area contributed by atoms with Crippen LogP contribution in [-0.2, 0) is 6.18 Å². The van der Waals surface area contributed by atoms with Crippen LogP contribution in [0.2, 0.25) is 0 Å². The molecule has 5 heteroatoms. The van der Waals surface area contributed by atoms with Crippen molar-refractivity contribution in [2.75, 3.05) is 0 Å². The fraction of sp³-hybridized carbons (Fsp3) is 0.467. The fourth-order valence-corrected chi connectivity index (χ4v) is 2.48. The summed E-state index contributed by atoms with van der Waals surface area (Å²) in [6.07, 6.45) is 2.13. The summed E-state index contributed by atoms with van der Waals surface area (Å²) in [6.45, 7) is 0. The molecule has 1 unspecified atom stereocenters. The minimum atomic E-state index is -4.69. The first-order chi connectivity index (χ1) is 9.38. The first-order valence-corrected chi connectivity index (χ1v) is 6.68. The Labute approximate surface area is 115 Å². The zero-order chi connectivity index (χ0) is 14.8. The summed E-state index contributed by atoms with van der Waals surface area (Å²) >= 11 is 0. The van der Waals surface area contributed by atoms with Gasteiger partial charge in [0.25, 0.3) is 0 Å². The third kappa shape index (κ3) is 3.60. The Hall–Kier alpha value is -1.36. The molecule has 1 aliphatic carbocycles. The molecule has 0 amide bonds. The molecule has 0 spiro atoms. The molecular weight excluding hydrogens is 270 g/mol. The lowest BCUT2D eigenvalue weighted by Crippen LogP contribution is -2.15. The van der Waals surface area contributed by atoms with E-state index in [1.165, 1.54) is 11.6 Å². The van der Waals surface area contributed by atoms with Crippen molar-refractivity contribution >= 4 is 0 Å². The number of benzene rings is 1. The number of halogens is 4. The molecule has 20 heavy (non-hydrogen) atoms. The fourth-order valence-electron chi connectivity index (χ4n) is 2.48. The molecule has 0 bridgehead atoms. The summed E-state index contributed by atoms with van der Waals surface area (Å²) in [4.78, 5) is 0. The molecule has 0 saturated heterocycles. The number of nitrogens with two attached hydrogens (primary N) is 1. The second-order valence-electron chi connectivity index (χ2n) is 5.16. The first kappa shape index (κ1) is 15.0. The van der Waals surface area contributed by atoms with Crippen LogP contribution < -0.4 is 5.73 Å². The predicted molar refractivity (Wildman–Crippen MR) is 69.5 cm³/mol. The van der Waals surface area contributed by atoms with Crippen LogP contribution in [-0.4, -0.2) is 0 Å². The second kappa shape index (κ2) is 5.95. The van der Waals surface area contributed by atoms with E-state index in [1.807, 2.05) is 0 Å². The number of alkyl halides is 3. The maximum absolute atomic E-state index is 13.2. The topological polar surface area (TPSA) is 26.0 Å². The van der Waals surface area contributed by atoms with Crippen LogP contribution in [0.3, 0.4) is 0 Å². The maximum Gasteiger partial charge on any atom is 0.419 e. The van der Waals surface area contributed by atoms with Gasteiger partial charge in [0.15, 0.2) is 0 Å². The van der Waals surface area contributed by atoms with Crippen LogP contribution in [0.1, 0.15) is 49.3 Å². The highest BCUT2D eigenvalue weighted by Crippen LogP contribution is 2.34. The quantitative estimate of drug-likeness (QED) is 0.631. The number of rotatable bonds is 3. The van der Waals surface area contributed by atoms with Crippen molar-refractivity contribution in [1.82, 2.24) is 0 Å². The SMILES string of the molecule is NC(CC1=CCCCC1)c1ccc(F)c(C(F)(F)F)c1. The van der Waals surface area contributed by atoms with Crippen molar-refractivity contribution in [2.45, 2.75) is 44.3 Å². The van der Waals surface area contributed by atoms with Gasteiger partial charge in [-0.2, -0.15) is 13.2 Å². The van der Waals surface area contributed by atoms with Crippen LogP contribution in [0.5, 0.6) is 0 Å². The molecule has 0 aromatic heterocycles. The van der Waals surface area contributed by atoms with Crippen LogP contribution in [0.4, 0.5) is 17.6 Å². The van der Waals surface area contributed by atoms with E-state index in [2.05, 4.69) is 6.08 Å². The van der Waals surface area contributed by atoms with Crippen molar-refractivity contribution in [3.63, 3.8) is 0 Å². The van der Waals surface area contributed by atoms with E-state index in [0.29, 0.717) is 12.0 Å². The van der Waals surface area contributed by atoms with Crippen molar-refractivity contribution in [1.29, 1.82) is 0 Å². The zero-order valence-corrected chi connectivity index (χ0v) is 11.0. The first-order valence-electron chi connectivity index (χ1n) is 6.68. The van der Waals surface area contributed by atoms with Gasteiger partial charge in [-0.15, -0.1) is 0 Å². The van der Waals surface area contributed by atoms with Gasteiger partial charge in [-0.1, -0.05) is 17.7 Å². The number of hydrogen-bond donors (Lipinski definition) is 1. The Kier molecular flexibility index (Phi) is 4.48. The molecule has 1 atom stereocenters. The Morgan fingerprint density at radius 2 is 1.95 bits per heavy atom. The summed E-state index contributed by atoms with van der Waals surface area (Å²) in [5.41, 5.74) is 6.22. The Balaban J connectivity index is 2.18. The molecule has 0 heterocycles. The van der Waals surface area contributed by atoms with E-state index in [1.54, 1.807) is 0 Å². The smallest absolute Gasteiger partial charge is 0.324 e. The minimum Gasteiger partial charge on any atom is -0.324 e. The van der Waals surface area contributed by atoms with Gasteiger partial charge in [0.2, 0.25) is 0 Å². The summed E-state index contributed by atoms with van der Waals surface area (Å²) in [7, 11) is 0. The monoisotopic (exact) mass is 287 g/mol. The third-order valence-corrected chi connectivity index (χ3v) is 3.59. The Morgan fingerprint density at radius 1 is 1.20 bits per heavy atom. The van der Waals surface area contributed by atoms with E-state index in [4.69, 9.17) is 5.73 Å². The van der Waals surface area contributed by atoms with Crippen LogP contribution in [0, 0.1) is 5.82 Å². The predicted octanol–water partition coefficient (Wildman–Crippen LogP) is 4.73. The molecule has 1 nitrogen and oxygen atoms in total. The van der Waals surface area contributed by atoms with Gasteiger partial charge >= 0.3 is 6.18 Å². The van der Waals surface area contributed by atoms with E-state index in [-0.39, 0.29) is 0 Å². The van der Waals surface area contributed by atoms with Gasteiger partial charge in [0.1, 0.15) is 5.82 Å². The van der Waals surface area contributed by atoms with E-state index >= 15 is 0 Å². The highest BCUT2D eigenvalue weighted by Gasteiger charge is 2.34. The van der Waals surface area contributed by atoms with Crippen molar-refractivity contribution in [3.05, 3.63) is 46.8 Å². The zero-order valence-electron chi connectivity index (χ0n) is 11.0. The molecule has 2 rings (SSSR count). The van der Waals surface area contributed by atoms with Crippen LogP contribution in [0.15, 0.2) is 29.8 Å². The lowest BCUT2D eigenvalue weighted by atomic mass is 9.91. The maximum atomic E-state index is 13.2. The largest absolute Gasteiger partial charge is 0.419 e. The van der Waals surface area contributed by atoms with Gasteiger partial charge in [-0.05, 0) is 49.8 Å². The summed E-state index contributed by atoms with van der Waals surface area (Å²) < 4.78 is 51.2. The number of allylic oxidation sites excluding steroid dienone is 1. The molecule has 110 valence electrons. The molecular formula is C15H17F4N. The molecule has 1 aliphatic rings. The second-order valence-corrected chi connectivity index (χ2v) is 5.16. The van der Waals surface area contributed by atoms with Gasteiger partial charge in [0, 0.05) is 6.04 Å². The lowest BCUT2D eigenvalue weighted by Gasteiger charge is -2.19. The molecule has 0 saturated carbocycles. The molecule has 0 aliphatic heterocycles. The van der Waals surface area contributed by atoms with Crippen molar-refractivity contribution in [2.24, 2.45) is 5.73 Å². The lowest BCUT2D eigenvalue weighted by molar-refractivity contribution is -0.140. The molecule has 1 aromatic rings. The van der Waals surface area contributed by atoms with Gasteiger partial charge < -0.3 is 5.73 Å². The normalized spacial score (nSPS) is 17.8. The highest BCUT2D eigenvalue weighted by atomic mass is 19.4. The summed E-state index contributed by atoms with van der Waals surface area (Å²) in [5.74, 6) is -1.26. The van der Waals surface area contributed by atoms with Crippen LogP contribution in [0.25, 0.3) is 0 Å². The Bertz CT molecular complexity index is 505. The molecule has 2 N–H and O–H groups in total. The molecule has 1 aromatic carbocycles. The summed E-state index contributed by atoms with van der Waals surface area (Å²) in [6, 6.07) is 2.47. The average Bonchev–Trinajstić information content (AvgIpc) is 2.39. The van der Waals surface area contributed by atoms with Gasteiger partial charge in [-0.25, -0.2) is 4.39 Å². The van der Waals surface area contributed by atoms with E-state index in [0.717, 1.165) is 37.8 Å². The average molecular weight is 287 g/mol.